The second-order valence-electron chi connectivity index (χ2n) is 12.6. The van der Waals surface area contributed by atoms with Crippen LogP contribution in [-0.2, 0) is 0 Å². The molecule has 0 aliphatic carbocycles. The van der Waals surface area contributed by atoms with Crippen molar-refractivity contribution in [3.8, 4) is 33.4 Å². The van der Waals surface area contributed by atoms with E-state index in [1.165, 1.54) is 65.9 Å². The smallest absolute Gasteiger partial charge is 0.139 e. The quantitative estimate of drug-likeness (QED) is 0.186. The molecule has 0 unspecified atom stereocenters. The van der Waals surface area contributed by atoms with Crippen molar-refractivity contribution in [1.82, 2.24) is 0 Å². The summed E-state index contributed by atoms with van der Waals surface area (Å²) in [6.07, 6.45) is 0. The van der Waals surface area contributed by atoms with Crippen LogP contribution in [0.5, 0.6) is 0 Å². The fourth-order valence-electron chi connectivity index (χ4n) is 7.40. The lowest BCUT2D eigenvalue weighted by molar-refractivity contribution is 0.657. The van der Waals surface area contributed by atoms with Crippen LogP contribution < -0.4 is 0 Å². The highest BCUT2D eigenvalue weighted by atomic mass is 16.3. The molecule has 0 N–H and O–H groups in total. The van der Waals surface area contributed by atoms with Crippen molar-refractivity contribution < 1.29 is 5.79 Å². The van der Waals surface area contributed by atoms with Crippen molar-refractivity contribution in [2.75, 3.05) is 0 Å². The fourth-order valence-corrected chi connectivity index (χ4v) is 7.40. The van der Waals surface area contributed by atoms with Gasteiger partial charge in [0.2, 0.25) is 0 Å². The first-order chi connectivity index (χ1) is 23.0. The summed E-state index contributed by atoms with van der Waals surface area (Å²) in [6, 6.07) is 52.6. The summed E-state index contributed by atoms with van der Waals surface area (Å²) in [5.74, 6) is 0.341. The van der Waals surface area contributed by atoms with Gasteiger partial charge in [0.1, 0.15) is 11.2 Å². The van der Waals surface area contributed by atoms with Gasteiger partial charge in [0, 0.05) is 10.8 Å². The van der Waals surface area contributed by atoms with Gasteiger partial charge < -0.3 is 4.42 Å². The SMILES string of the molecule is [2H]c1ccc2cc(-c3cccc(-c4c5ccccc5c(-c5ccc(C(C)C)c6oc7ccccc7c56)c5ccccc45)c3)ccc2c1. The third kappa shape index (κ3) is 4.09. The topological polar surface area (TPSA) is 13.1 Å². The molecule has 0 aliphatic rings. The van der Waals surface area contributed by atoms with Crippen molar-refractivity contribution >= 4 is 54.3 Å². The van der Waals surface area contributed by atoms with E-state index in [4.69, 9.17) is 5.79 Å². The highest BCUT2D eigenvalue weighted by molar-refractivity contribution is 6.26. The van der Waals surface area contributed by atoms with Gasteiger partial charge in [0.05, 0.1) is 1.37 Å². The summed E-state index contributed by atoms with van der Waals surface area (Å²) in [6.45, 7) is 4.47. The Labute approximate surface area is 269 Å². The summed E-state index contributed by atoms with van der Waals surface area (Å²) in [4.78, 5) is 0. The molecule has 1 heteroatoms. The van der Waals surface area contributed by atoms with Crippen LogP contribution in [0, 0.1) is 0 Å². The molecule has 0 saturated heterocycles. The summed E-state index contributed by atoms with van der Waals surface area (Å²) >= 11 is 0. The second kappa shape index (κ2) is 10.5. The average molecular weight is 590 g/mol. The van der Waals surface area contributed by atoms with Crippen LogP contribution in [0.25, 0.3) is 87.6 Å². The molecule has 1 heterocycles. The van der Waals surface area contributed by atoms with Crippen LogP contribution in [0.4, 0.5) is 0 Å². The maximum absolute atomic E-state index is 8.01. The zero-order valence-corrected chi connectivity index (χ0v) is 25.8. The van der Waals surface area contributed by atoms with E-state index in [0.717, 1.165) is 27.3 Å². The van der Waals surface area contributed by atoms with E-state index in [0.29, 0.717) is 12.0 Å². The molecule has 0 bridgehead atoms. The van der Waals surface area contributed by atoms with Gasteiger partial charge in [-0.05, 0) is 95.4 Å². The van der Waals surface area contributed by atoms with Gasteiger partial charge in [-0.25, -0.2) is 0 Å². The van der Waals surface area contributed by atoms with Crippen LogP contribution in [-0.4, -0.2) is 0 Å². The third-order valence-corrected chi connectivity index (χ3v) is 9.55. The Morgan fingerprint density at radius 1 is 0.500 bits per heavy atom. The lowest BCUT2D eigenvalue weighted by Gasteiger charge is -2.19. The maximum Gasteiger partial charge on any atom is 0.139 e. The molecule has 9 aromatic rings. The van der Waals surface area contributed by atoms with E-state index in [2.05, 4.69) is 141 Å². The number of para-hydroxylation sites is 1. The molecule has 0 spiro atoms. The Bertz CT molecular complexity index is 2620. The van der Waals surface area contributed by atoms with Gasteiger partial charge in [0.15, 0.2) is 0 Å². The van der Waals surface area contributed by atoms with Gasteiger partial charge >= 0.3 is 0 Å². The minimum atomic E-state index is 0.341. The van der Waals surface area contributed by atoms with Crippen molar-refractivity contribution in [2.24, 2.45) is 0 Å². The van der Waals surface area contributed by atoms with Crippen molar-refractivity contribution in [1.29, 1.82) is 0 Å². The maximum atomic E-state index is 8.01. The Morgan fingerprint density at radius 3 is 1.89 bits per heavy atom. The molecule has 8 aromatic carbocycles. The van der Waals surface area contributed by atoms with Crippen molar-refractivity contribution in [3.63, 3.8) is 0 Å². The summed E-state index contributed by atoms with van der Waals surface area (Å²) in [5, 5.41) is 9.49. The van der Waals surface area contributed by atoms with E-state index in [-0.39, 0.29) is 0 Å². The standard InChI is InChI=1S/C45H32O/c1-28(2)34-24-25-40(44-39-20-9-10-21-41(39)46-45(34)44)43-37-18-7-5-16-35(37)42(36-17-6-8-19-38(36)43)33-15-11-14-31(27-33)32-23-22-29-12-3-4-13-30(29)26-32/h3-28H,1-2H3/i3D. The van der Waals surface area contributed by atoms with Gasteiger partial charge in [-0.3, -0.25) is 0 Å². The highest BCUT2D eigenvalue weighted by Gasteiger charge is 2.22. The van der Waals surface area contributed by atoms with E-state index in [9.17, 15) is 0 Å². The molecule has 0 atom stereocenters. The molecule has 218 valence electrons. The predicted molar refractivity (Wildman–Crippen MR) is 197 cm³/mol. The summed E-state index contributed by atoms with van der Waals surface area (Å²) in [7, 11) is 0. The third-order valence-electron chi connectivity index (χ3n) is 9.55. The van der Waals surface area contributed by atoms with E-state index >= 15 is 0 Å². The number of rotatable bonds is 4. The second-order valence-corrected chi connectivity index (χ2v) is 12.6. The lowest BCUT2D eigenvalue weighted by Crippen LogP contribution is -1.93. The zero-order valence-electron chi connectivity index (χ0n) is 26.8. The van der Waals surface area contributed by atoms with Crippen molar-refractivity contribution in [3.05, 3.63) is 157 Å². The van der Waals surface area contributed by atoms with Crippen LogP contribution in [0.2, 0.25) is 0 Å². The molecular weight excluding hydrogens is 556 g/mol. The molecule has 1 nitrogen and oxygen atoms in total. The first kappa shape index (κ1) is 25.6. The zero-order chi connectivity index (χ0) is 31.6. The Hall–Kier alpha value is -5.66. The van der Waals surface area contributed by atoms with Gasteiger partial charge in [-0.15, -0.1) is 0 Å². The summed E-state index contributed by atoms with van der Waals surface area (Å²) < 4.78 is 14.6. The first-order valence-electron chi connectivity index (χ1n) is 16.5. The number of hydrogen-bond donors (Lipinski definition) is 0. The van der Waals surface area contributed by atoms with Crippen LogP contribution in [0.15, 0.2) is 156 Å². The summed E-state index contributed by atoms with van der Waals surface area (Å²) in [5.41, 5.74) is 10.4. The molecule has 0 aliphatic heterocycles. The van der Waals surface area contributed by atoms with Crippen LogP contribution >= 0.6 is 0 Å². The number of fused-ring (bicyclic) bond motifs is 6. The minimum absolute atomic E-state index is 0.341. The highest BCUT2D eigenvalue weighted by Crippen LogP contribution is 2.48. The molecule has 0 radical (unpaired) electrons. The number of benzene rings is 8. The van der Waals surface area contributed by atoms with Gasteiger partial charge in [-0.2, -0.15) is 0 Å². The Kier molecular flexibility index (Phi) is 5.83. The molecule has 9 rings (SSSR count). The molecule has 0 fully saturated rings. The largest absolute Gasteiger partial charge is 0.456 e. The predicted octanol–water partition coefficient (Wildman–Crippen LogP) is 13.2. The monoisotopic (exact) mass is 589 g/mol. The van der Waals surface area contributed by atoms with Crippen molar-refractivity contribution in [2.45, 2.75) is 19.8 Å². The van der Waals surface area contributed by atoms with Crippen LogP contribution in [0.1, 0.15) is 26.7 Å². The average Bonchev–Trinajstić information content (AvgIpc) is 3.50. The number of hydrogen-bond acceptors (Lipinski definition) is 1. The first-order valence-corrected chi connectivity index (χ1v) is 16.0. The van der Waals surface area contributed by atoms with E-state index < -0.39 is 0 Å². The fraction of sp³-hybridized carbons (Fsp3) is 0.0667. The van der Waals surface area contributed by atoms with E-state index in [1.807, 2.05) is 18.2 Å². The van der Waals surface area contributed by atoms with Gasteiger partial charge in [0.25, 0.3) is 0 Å². The molecule has 1 aromatic heterocycles. The minimum Gasteiger partial charge on any atom is -0.456 e. The van der Waals surface area contributed by atoms with Crippen LogP contribution in [0.3, 0.4) is 0 Å². The lowest BCUT2D eigenvalue weighted by atomic mass is 9.83. The normalized spacial score (nSPS) is 12.2. The van der Waals surface area contributed by atoms with Gasteiger partial charge in [-0.1, -0.05) is 147 Å². The molecule has 0 amide bonds. The molecule has 0 saturated carbocycles. The molecule has 46 heavy (non-hydrogen) atoms. The molecular formula is C45H32O. The Morgan fingerprint density at radius 2 is 1.15 bits per heavy atom. The number of furan rings is 1. The Balaban J connectivity index is 1.33. The van der Waals surface area contributed by atoms with E-state index in [1.54, 1.807) is 0 Å².